The molecule has 0 bridgehead atoms. The third-order valence-corrected chi connectivity index (χ3v) is 4.72. The summed E-state index contributed by atoms with van der Waals surface area (Å²) in [5.41, 5.74) is -0.718. The van der Waals surface area contributed by atoms with Crippen LogP contribution in [0.1, 0.15) is 25.7 Å². The summed E-state index contributed by atoms with van der Waals surface area (Å²) in [4.78, 5) is 0. The van der Waals surface area contributed by atoms with E-state index in [1.807, 2.05) is 0 Å². The SMILES string of the molecule is CS(=O)(=O)N1CCC(O)(CNC2CC2)CC1. The van der Waals surface area contributed by atoms with Gasteiger partial charge in [-0.25, -0.2) is 12.7 Å². The van der Waals surface area contributed by atoms with Crippen molar-refractivity contribution in [2.45, 2.75) is 37.3 Å². The number of rotatable bonds is 4. The van der Waals surface area contributed by atoms with E-state index < -0.39 is 15.6 Å². The van der Waals surface area contributed by atoms with Crippen molar-refractivity contribution in [3.05, 3.63) is 0 Å². The zero-order chi connectivity index (χ0) is 11.8. The van der Waals surface area contributed by atoms with Gasteiger partial charge >= 0.3 is 0 Å². The molecule has 0 atom stereocenters. The fourth-order valence-electron chi connectivity index (χ4n) is 2.03. The Morgan fingerprint density at radius 3 is 2.38 bits per heavy atom. The Bertz CT molecular complexity index is 343. The lowest BCUT2D eigenvalue weighted by atomic mass is 9.92. The van der Waals surface area contributed by atoms with Crippen molar-refractivity contribution in [2.75, 3.05) is 25.9 Å². The largest absolute Gasteiger partial charge is 0.388 e. The second-order valence-electron chi connectivity index (χ2n) is 5.04. The zero-order valence-electron chi connectivity index (χ0n) is 9.65. The number of aliphatic hydroxyl groups is 1. The van der Waals surface area contributed by atoms with Crippen molar-refractivity contribution in [3.63, 3.8) is 0 Å². The summed E-state index contributed by atoms with van der Waals surface area (Å²) in [7, 11) is -3.09. The Balaban J connectivity index is 1.82. The van der Waals surface area contributed by atoms with Crippen molar-refractivity contribution in [1.29, 1.82) is 0 Å². The molecule has 2 N–H and O–H groups in total. The number of nitrogens with zero attached hydrogens (tertiary/aromatic N) is 1. The van der Waals surface area contributed by atoms with E-state index in [4.69, 9.17) is 0 Å². The molecule has 2 rings (SSSR count). The monoisotopic (exact) mass is 248 g/mol. The zero-order valence-corrected chi connectivity index (χ0v) is 10.5. The number of sulfonamides is 1. The molecule has 1 saturated carbocycles. The number of hydrogen-bond donors (Lipinski definition) is 2. The van der Waals surface area contributed by atoms with Crippen LogP contribution in [0.2, 0.25) is 0 Å². The normalized spacial score (nSPS) is 26.9. The van der Waals surface area contributed by atoms with Crippen molar-refractivity contribution >= 4 is 10.0 Å². The van der Waals surface area contributed by atoms with Crippen molar-refractivity contribution in [3.8, 4) is 0 Å². The van der Waals surface area contributed by atoms with E-state index in [0.717, 1.165) is 0 Å². The third kappa shape index (κ3) is 3.16. The molecule has 0 unspecified atom stereocenters. The summed E-state index contributed by atoms with van der Waals surface area (Å²) in [6.45, 7) is 1.46. The second kappa shape index (κ2) is 4.25. The molecule has 1 heterocycles. The molecule has 2 fully saturated rings. The average molecular weight is 248 g/mol. The first kappa shape index (κ1) is 12.3. The molecule has 16 heavy (non-hydrogen) atoms. The average Bonchev–Trinajstić information content (AvgIpc) is 2.97. The maximum atomic E-state index is 11.3. The number of hydrogen-bond acceptors (Lipinski definition) is 4. The molecule has 0 aromatic carbocycles. The molecule has 94 valence electrons. The van der Waals surface area contributed by atoms with E-state index >= 15 is 0 Å². The van der Waals surface area contributed by atoms with Crippen LogP contribution in [0.4, 0.5) is 0 Å². The minimum Gasteiger partial charge on any atom is -0.388 e. The summed E-state index contributed by atoms with van der Waals surface area (Å²) in [5.74, 6) is 0. The van der Waals surface area contributed by atoms with Gasteiger partial charge in [0, 0.05) is 25.7 Å². The van der Waals surface area contributed by atoms with E-state index in [-0.39, 0.29) is 0 Å². The molecular formula is C10H20N2O3S. The quantitative estimate of drug-likeness (QED) is 0.705. The number of piperidine rings is 1. The molecule has 2 aliphatic rings. The van der Waals surface area contributed by atoms with Crippen molar-refractivity contribution in [2.24, 2.45) is 0 Å². The first-order chi connectivity index (χ1) is 7.39. The Morgan fingerprint density at radius 2 is 1.94 bits per heavy atom. The van der Waals surface area contributed by atoms with Gasteiger partial charge in [-0.2, -0.15) is 0 Å². The molecule has 1 aliphatic carbocycles. The molecule has 0 aromatic heterocycles. The molecule has 6 heteroatoms. The molecule has 1 aliphatic heterocycles. The Hall–Kier alpha value is -0.170. The minimum atomic E-state index is -3.09. The van der Waals surface area contributed by atoms with Gasteiger partial charge in [0.25, 0.3) is 0 Å². The fourth-order valence-corrected chi connectivity index (χ4v) is 2.88. The van der Waals surface area contributed by atoms with Crippen LogP contribution in [0, 0.1) is 0 Å². The van der Waals surface area contributed by atoms with Crippen molar-refractivity contribution < 1.29 is 13.5 Å². The third-order valence-electron chi connectivity index (χ3n) is 3.42. The molecule has 0 radical (unpaired) electrons. The maximum Gasteiger partial charge on any atom is 0.211 e. The highest BCUT2D eigenvalue weighted by Gasteiger charge is 2.36. The fraction of sp³-hybridized carbons (Fsp3) is 1.00. The molecule has 5 nitrogen and oxygen atoms in total. The van der Waals surface area contributed by atoms with Gasteiger partial charge in [0.15, 0.2) is 0 Å². The Kier molecular flexibility index (Phi) is 3.27. The van der Waals surface area contributed by atoms with Gasteiger partial charge < -0.3 is 10.4 Å². The first-order valence-corrected chi connectivity index (χ1v) is 7.65. The van der Waals surface area contributed by atoms with Gasteiger partial charge in [-0.05, 0) is 25.7 Å². The summed E-state index contributed by atoms with van der Waals surface area (Å²) < 4.78 is 24.0. The first-order valence-electron chi connectivity index (χ1n) is 5.80. The van der Waals surface area contributed by atoms with Crippen LogP contribution in [0.3, 0.4) is 0 Å². The van der Waals surface area contributed by atoms with Crippen LogP contribution in [0.5, 0.6) is 0 Å². The van der Waals surface area contributed by atoms with Crippen LogP contribution in [0.25, 0.3) is 0 Å². The van der Waals surface area contributed by atoms with E-state index in [0.29, 0.717) is 38.5 Å². The summed E-state index contributed by atoms with van der Waals surface area (Å²) in [5, 5.41) is 13.5. The van der Waals surface area contributed by atoms with Crippen LogP contribution >= 0.6 is 0 Å². The minimum absolute atomic E-state index is 0.432. The highest BCUT2D eigenvalue weighted by molar-refractivity contribution is 7.88. The maximum absolute atomic E-state index is 11.3. The lowest BCUT2D eigenvalue weighted by Gasteiger charge is -2.37. The number of nitrogens with one attached hydrogen (secondary N) is 1. The predicted molar refractivity (Wildman–Crippen MR) is 61.6 cm³/mol. The molecular weight excluding hydrogens is 228 g/mol. The van der Waals surface area contributed by atoms with E-state index in [9.17, 15) is 13.5 Å². The topological polar surface area (TPSA) is 69.6 Å². The van der Waals surface area contributed by atoms with E-state index in [2.05, 4.69) is 5.32 Å². The van der Waals surface area contributed by atoms with Gasteiger partial charge in [0.2, 0.25) is 10.0 Å². The lowest BCUT2D eigenvalue weighted by Crippen LogP contribution is -2.51. The molecule has 0 aromatic rings. The molecule has 0 amide bonds. The van der Waals surface area contributed by atoms with Crippen molar-refractivity contribution in [1.82, 2.24) is 9.62 Å². The molecule has 0 spiro atoms. The Labute approximate surface area is 96.9 Å². The highest BCUT2D eigenvalue weighted by atomic mass is 32.2. The van der Waals surface area contributed by atoms with Gasteiger partial charge in [-0.3, -0.25) is 0 Å². The second-order valence-corrected chi connectivity index (χ2v) is 7.02. The smallest absolute Gasteiger partial charge is 0.211 e. The highest BCUT2D eigenvalue weighted by Crippen LogP contribution is 2.25. The van der Waals surface area contributed by atoms with Gasteiger partial charge in [0.05, 0.1) is 11.9 Å². The van der Waals surface area contributed by atoms with Crippen LogP contribution in [-0.2, 0) is 10.0 Å². The van der Waals surface area contributed by atoms with Gasteiger partial charge in [-0.1, -0.05) is 0 Å². The lowest BCUT2D eigenvalue weighted by molar-refractivity contribution is -0.00402. The summed E-state index contributed by atoms with van der Waals surface area (Å²) >= 11 is 0. The predicted octanol–water partition coefficient (Wildman–Crippen LogP) is -0.475. The van der Waals surface area contributed by atoms with Gasteiger partial charge in [0.1, 0.15) is 0 Å². The summed E-state index contributed by atoms with van der Waals surface area (Å²) in [6, 6.07) is 0.581. The molecule has 1 saturated heterocycles. The van der Waals surface area contributed by atoms with Crippen LogP contribution in [0.15, 0.2) is 0 Å². The van der Waals surface area contributed by atoms with Gasteiger partial charge in [-0.15, -0.1) is 0 Å². The van der Waals surface area contributed by atoms with Crippen LogP contribution < -0.4 is 5.32 Å². The Morgan fingerprint density at radius 1 is 1.38 bits per heavy atom. The van der Waals surface area contributed by atoms with E-state index in [1.54, 1.807) is 0 Å². The standard InChI is InChI=1S/C10H20N2O3S/c1-16(14,15)12-6-4-10(13,5-7-12)8-11-9-2-3-9/h9,11,13H,2-8H2,1H3. The van der Waals surface area contributed by atoms with E-state index in [1.165, 1.54) is 23.4 Å². The summed E-state index contributed by atoms with van der Waals surface area (Å²) in [6.07, 6.45) is 4.68. The van der Waals surface area contributed by atoms with Crippen LogP contribution in [-0.4, -0.2) is 55.4 Å².